The Morgan fingerprint density at radius 2 is 2.25 bits per heavy atom. The molecule has 5 heteroatoms. The van der Waals surface area contributed by atoms with Crippen LogP contribution < -0.4 is 10.6 Å². The average Bonchev–Trinajstić information content (AvgIpc) is 2.03. The molecule has 2 N–H and O–H groups in total. The lowest BCUT2D eigenvalue weighted by Gasteiger charge is -2.33. The second-order valence-corrected chi connectivity index (χ2v) is 3.93. The third-order valence-electron chi connectivity index (χ3n) is 1.90. The van der Waals surface area contributed by atoms with Crippen molar-refractivity contribution < 1.29 is 9.53 Å². The number of nitrogens with one attached hydrogen (secondary N) is 2. The van der Waals surface area contributed by atoms with Gasteiger partial charge in [-0.25, -0.2) is 0 Å². The summed E-state index contributed by atoms with van der Waals surface area (Å²) in [4.78, 5) is 11.0. The molecule has 1 aliphatic rings. The maximum absolute atomic E-state index is 11.0. The highest BCUT2D eigenvalue weighted by atomic mass is 127. The molecular formula is C7H13IN2O2. The Kier molecular flexibility index (Phi) is 3.88. The topological polar surface area (TPSA) is 50.4 Å². The zero-order valence-corrected chi connectivity index (χ0v) is 9.29. The predicted octanol–water partition coefficient (Wildman–Crippen LogP) is 0.218. The van der Waals surface area contributed by atoms with Crippen molar-refractivity contribution in [3.05, 3.63) is 0 Å². The number of carbonyl (C=O) groups is 1. The first-order valence-electron chi connectivity index (χ1n) is 3.87. The second-order valence-electron chi connectivity index (χ2n) is 2.87. The number of carbonyl (C=O) groups excluding carboxylic acids is 1. The van der Waals surface area contributed by atoms with Crippen molar-refractivity contribution in [2.45, 2.75) is 31.8 Å². The zero-order chi connectivity index (χ0) is 9.14. The van der Waals surface area contributed by atoms with E-state index in [1.807, 2.05) is 29.5 Å². The molecule has 0 bridgehead atoms. The van der Waals surface area contributed by atoms with Gasteiger partial charge in [-0.2, -0.15) is 0 Å². The standard InChI is InChI=1S/C7H13IN2O2/c1-4-9-5(7(8)11)3-6(10-4)12-2/h4-6,9-10H,3H2,1-2H3. The molecule has 3 atom stereocenters. The first-order valence-corrected chi connectivity index (χ1v) is 4.95. The molecule has 1 saturated heterocycles. The average molecular weight is 284 g/mol. The maximum atomic E-state index is 11.0. The van der Waals surface area contributed by atoms with Gasteiger partial charge in [-0.1, -0.05) is 0 Å². The summed E-state index contributed by atoms with van der Waals surface area (Å²) in [5.41, 5.74) is 0. The van der Waals surface area contributed by atoms with Crippen LogP contribution in [0.5, 0.6) is 0 Å². The van der Waals surface area contributed by atoms with Crippen LogP contribution in [0.15, 0.2) is 0 Å². The lowest BCUT2D eigenvalue weighted by atomic mass is 10.1. The van der Waals surface area contributed by atoms with E-state index in [1.54, 1.807) is 7.11 Å². The monoisotopic (exact) mass is 284 g/mol. The number of hydrogen-bond acceptors (Lipinski definition) is 4. The summed E-state index contributed by atoms with van der Waals surface area (Å²) in [7, 11) is 1.64. The molecule has 0 radical (unpaired) electrons. The highest BCUT2D eigenvalue weighted by Gasteiger charge is 2.28. The summed E-state index contributed by atoms with van der Waals surface area (Å²) in [6.45, 7) is 1.97. The SMILES string of the molecule is COC1CC(C(=O)I)NC(C)N1. The van der Waals surface area contributed by atoms with E-state index in [-0.39, 0.29) is 22.2 Å². The van der Waals surface area contributed by atoms with E-state index < -0.39 is 0 Å². The van der Waals surface area contributed by atoms with Crippen LogP contribution in [0.2, 0.25) is 0 Å². The number of methoxy groups -OCH3 is 1. The molecule has 3 unspecified atom stereocenters. The first-order chi connectivity index (χ1) is 5.63. The molecule has 12 heavy (non-hydrogen) atoms. The minimum absolute atomic E-state index is 0.00929. The van der Waals surface area contributed by atoms with E-state index in [2.05, 4.69) is 10.6 Å². The van der Waals surface area contributed by atoms with Crippen molar-refractivity contribution in [3.8, 4) is 0 Å². The van der Waals surface area contributed by atoms with Gasteiger partial charge >= 0.3 is 0 Å². The largest absolute Gasteiger partial charge is 0.366 e. The Morgan fingerprint density at radius 3 is 2.75 bits per heavy atom. The molecule has 0 saturated carbocycles. The van der Waals surface area contributed by atoms with Crippen molar-refractivity contribution in [1.82, 2.24) is 10.6 Å². The molecule has 70 valence electrons. The van der Waals surface area contributed by atoms with Gasteiger partial charge in [0.25, 0.3) is 0 Å². The molecule has 1 heterocycles. The van der Waals surface area contributed by atoms with Crippen molar-refractivity contribution in [1.29, 1.82) is 0 Å². The fraction of sp³-hybridized carbons (Fsp3) is 0.857. The Morgan fingerprint density at radius 1 is 1.58 bits per heavy atom. The number of hydrogen-bond donors (Lipinski definition) is 2. The van der Waals surface area contributed by atoms with E-state index in [0.29, 0.717) is 6.42 Å². The van der Waals surface area contributed by atoms with Gasteiger partial charge in [-0.3, -0.25) is 15.4 Å². The second kappa shape index (κ2) is 4.50. The third kappa shape index (κ3) is 2.65. The van der Waals surface area contributed by atoms with Crippen LogP contribution in [-0.4, -0.2) is 29.3 Å². The molecular weight excluding hydrogens is 271 g/mol. The van der Waals surface area contributed by atoms with Crippen LogP contribution in [0.3, 0.4) is 0 Å². The molecule has 0 aliphatic carbocycles. The number of rotatable bonds is 2. The lowest BCUT2D eigenvalue weighted by molar-refractivity contribution is -0.113. The van der Waals surface area contributed by atoms with E-state index in [9.17, 15) is 4.79 Å². The van der Waals surface area contributed by atoms with Gasteiger partial charge in [0.1, 0.15) is 6.23 Å². The summed E-state index contributed by atoms with van der Waals surface area (Å²) in [6.07, 6.45) is 0.820. The molecule has 4 nitrogen and oxygen atoms in total. The van der Waals surface area contributed by atoms with Gasteiger partial charge in [0.05, 0.1) is 12.2 Å². The van der Waals surface area contributed by atoms with Crippen LogP contribution >= 0.6 is 22.6 Å². The van der Waals surface area contributed by atoms with Crippen LogP contribution in [-0.2, 0) is 9.53 Å². The Balaban J connectivity index is 2.51. The van der Waals surface area contributed by atoms with E-state index in [1.165, 1.54) is 0 Å². The van der Waals surface area contributed by atoms with Crippen molar-refractivity contribution in [3.63, 3.8) is 0 Å². The van der Waals surface area contributed by atoms with E-state index >= 15 is 0 Å². The summed E-state index contributed by atoms with van der Waals surface area (Å²) in [5, 5.41) is 6.29. The van der Waals surface area contributed by atoms with Crippen molar-refractivity contribution in [2.24, 2.45) is 0 Å². The highest BCUT2D eigenvalue weighted by Crippen LogP contribution is 2.10. The molecule has 0 spiro atoms. The smallest absolute Gasteiger partial charge is 0.209 e. The lowest BCUT2D eigenvalue weighted by Crippen LogP contribution is -2.58. The normalized spacial score (nSPS) is 36.4. The van der Waals surface area contributed by atoms with Gasteiger partial charge < -0.3 is 4.74 Å². The molecule has 0 aromatic heterocycles. The van der Waals surface area contributed by atoms with Crippen LogP contribution in [0.4, 0.5) is 0 Å². The van der Waals surface area contributed by atoms with Crippen LogP contribution in [0.1, 0.15) is 13.3 Å². The number of ether oxygens (including phenoxy) is 1. The summed E-state index contributed by atoms with van der Waals surface area (Å²) >= 11 is 1.81. The highest BCUT2D eigenvalue weighted by molar-refractivity contribution is 14.1. The molecule has 1 aliphatic heterocycles. The van der Waals surface area contributed by atoms with Gasteiger partial charge in [0, 0.05) is 36.1 Å². The van der Waals surface area contributed by atoms with E-state index in [0.717, 1.165) is 0 Å². The van der Waals surface area contributed by atoms with Crippen LogP contribution in [0.25, 0.3) is 0 Å². The Hall–Kier alpha value is 0.280. The quantitative estimate of drug-likeness (QED) is 0.562. The van der Waals surface area contributed by atoms with Crippen LogP contribution in [0, 0.1) is 0 Å². The minimum Gasteiger partial charge on any atom is -0.366 e. The Labute approximate surface area is 85.6 Å². The van der Waals surface area contributed by atoms with Crippen molar-refractivity contribution >= 4 is 26.4 Å². The zero-order valence-electron chi connectivity index (χ0n) is 7.13. The third-order valence-corrected chi connectivity index (χ3v) is 2.65. The fourth-order valence-corrected chi connectivity index (χ4v) is 1.74. The summed E-state index contributed by atoms with van der Waals surface area (Å²) in [6, 6.07) is -0.0770. The van der Waals surface area contributed by atoms with Gasteiger partial charge in [-0.05, 0) is 6.92 Å². The minimum atomic E-state index is -0.0770. The van der Waals surface area contributed by atoms with Gasteiger partial charge in [-0.15, -0.1) is 0 Å². The van der Waals surface area contributed by atoms with Gasteiger partial charge in [0.2, 0.25) is 3.79 Å². The Bertz CT molecular complexity index is 177. The molecule has 0 aromatic carbocycles. The summed E-state index contributed by atoms with van der Waals surface area (Å²) in [5.74, 6) is 0. The van der Waals surface area contributed by atoms with E-state index in [4.69, 9.17) is 4.74 Å². The maximum Gasteiger partial charge on any atom is 0.209 e. The molecule has 0 amide bonds. The molecule has 1 fully saturated rings. The number of halogens is 1. The first kappa shape index (κ1) is 10.4. The predicted molar refractivity (Wildman–Crippen MR) is 54.0 cm³/mol. The van der Waals surface area contributed by atoms with Crippen molar-refractivity contribution in [2.75, 3.05) is 7.11 Å². The fourth-order valence-electron chi connectivity index (χ4n) is 1.30. The summed E-state index contributed by atoms with van der Waals surface area (Å²) < 4.78 is 5.28. The molecule has 0 aromatic rings. The van der Waals surface area contributed by atoms with Gasteiger partial charge in [0.15, 0.2) is 0 Å². The molecule has 1 rings (SSSR count).